The van der Waals surface area contributed by atoms with Crippen molar-refractivity contribution in [3.8, 4) is 23.1 Å². The first kappa shape index (κ1) is 32.8. The Morgan fingerprint density at radius 3 is 2.65 bits per heavy atom. The van der Waals surface area contributed by atoms with Gasteiger partial charge in [-0.05, 0) is 44.4 Å². The molecule has 3 saturated heterocycles. The molecule has 2 aromatic heterocycles. The van der Waals surface area contributed by atoms with E-state index in [1.807, 2.05) is 11.8 Å². The molecule has 0 radical (unpaired) electrons. The average molecular weight is 688 g/mol. The number of ether oxygens (including phenoxy) is 2. The summed E-state index contributed by atoms with van der Waals surface area (Å²) < 4.78 is 130. The Kier molecular flexibility index (Phi) is 8.00. The fourth-order valence-electron chi connectivity index (χ4n) is 7.73. The van der Waals surface area contributed by atoms with Crippen LogP contribution in [0, 0.1) is 18.6 Å². The minimum absolute atomic E-state index is 0.0143. The van der Waals surface area contributed by atoms with Gasteiger partial charge in [-0.2, -0.15) is 23.1 Å². The van der Waals surface area contributed by atoms with Crippen LogP contribution in [0.4, 0.5) is 46.6 Å². The predicted molar refractivity (Wildman–Crippen MR) is 159 cm³/mol. The van der Waals surface area contributed by atoms with Gasteiger partial charge in [0.1, 0.15) is 41.0 Å². The number of nitrogen functional groups attached to an aromatic ring is 1. The standard InChI is InChI=1S/C31H33F8N7O2/c1-3-15-11-46-18(9-41-15)25(26(35)36)48-28-19-24(22(34)23(42-28)16-7-17(40)21(33)13(2)20(16)31(37,38)39)43-29(44-27(19)46)47-12-30-5-4-6-45(30)10-14(32)8-30/h7,14-15,18,25-26,41H,3-6,8-12,40H2,1-2H3/t14-,15-,18+,25-,30+/m1/s1. The van der Waals surface area contributed by atoms with Gasteiger partial charge in [0.2, 0.25) is 5.88 Å². The molecule has 0 saturated carbocycles. The second-order valence-electron chi connectivity index (χ2n) is 13.0. The van der Waals surface area contributed by atoms with Crippen molar-refractivity contribution >= 4 is 22.4 Å². The zero-order valence-corrected chi connectivity index (χ0v) is 26.0. The first-order chi connectivity index (χ1) is 22.7. The molecule has 0 unspecified atom stereocenters. The van der Waals surface area contributed by atoms with E-state index in [1.54, 1.807) is 4.90 Å². The normalized spacial score (nSPS) is 27.3. The summed E-state index contributed by atoms with van der Waals surface area (Å²) in [5.74, 6) is -3.39. The van der Waals surface area contributed by atoms with Crippen LogP contribution in [0.15, 0.2) is 6.07 Å². The Hall–Kier alpha value is -3.73. The number of piperazine rings is 1. The summed E-state index contributed by atoms with van der Waals surface area (Å²) in [6, 6.07) is -1.02. The molecule has 3 N–H and O–H groups in total. The quantitative estimate of drug-likeness (QED) is 0.260. The van der Waals surface area contributed by atoms with Crippen LogP contribution in [-0.4, -0.2) is 89.0 Å². The lowest BCUT2D eigenvalue weighted by Crippen LogP contribution is -2.62. The van der Waals surface area contributed by atoms with Gasteiger partial charge in [-0.3, -0.25) is 4.90 Å². The van der Waals surface area contributed by atoms with Crippen molar-refractivity contribution in [2.24, 2.45) is 0 Å². The highest BCUT2D eigenvalue weighted by atomic mass is 19.4. The molecule has 48 heavy (non-hydrogen) atoms. The number of hydrogen-bond donors (Lipinski definition) is 2. The van der Waals surface area contributed by atoms with Gasteiger partial charge in [0, 0.05) is 37.7 Å². The minimum atomic E-state index is -5.19. The minimum Gasteiger partial charge on any atom is -0.465 e. The molecule has 260 valence electrons. The number of pyridine rings is 1. The molecule has 4 aliphatic rings. The molecule has 5 atom stereocenters. The number of nitrogens with one attached hydrogen (secondary N) is 1. The molecular formula is C31H33F8N7O2. The molecule has 0 bridgehead atoms. The monoisotopic (exact) mass is 687 g/mol. The second-order valence-corrected chi connectivity index (χ2v) is 13.0. The van der Waals surface area contributed by atoms with Crippen molar-refractivity contribution in [2.75, 3.05) is 43.4 Å². The van der Waals surface area contributed by atoms with E-state index in [4.69, 9.17) is 15.2 Å². The van der Waals surface area contributed by atoms with Gasteiger partial charge in [0.15, 0.2) is 11.9 Å². The lowest BCUT2D eigenvalue weighted by atomic mass is 9.95. The molecule has 4 aliphatic heterocycles. The van der Waals surface area contributed by atoms with Crippen molar-refractivity contribution in [3.63, 3.8) is 0 Å². The molecule has 17 heteroatoms. The van der Waals surface area contributed by atoms with Crippen LogP contribution in [-0.2, 0) is 6.18 Å². The molecule has 0 amide bonds. The summed E-state index contributed by atoms with van der Waals surface area (Å²) in [5.41, 5.74) is -0.628. The van der Waals surface area contributed by atoms with E-state index >= 15 is 4.39 Å². The number of nitrogens with zero attached hydrogens (tertiary/aromatic N) is 5. The number of halogens is 8. The predicted octanol–water partition coefficient (Wildman–Crippen LogP) is 5.42. The fraction of sp³-hybridized carbons (Fsp3) is 0.581. The number of aromatic nitrogens is 3. The number of alkyl halides is 6. The third-order valence-electron chi connectivity index (χ3n) is 10.1. The Morgan fingerprint density at radius 2 is 1.94 bits per heavy atom. The zero-order valence-electron chi connectivity index (χ0n) is 26.0. The van der Waals surface area contributed by atoms with Crippen LogP contribution in [0.3, 0.4) is 0 Å². The molecule has 0 spiro atoms. The zero-order chi connectivity index (χ0) is 34.3. The summed E-state index contributed by atoms with van der Waals surface area (Å²) in [4.78, 5) is 16.3. The highest BCUT2D eigenvalue weighted by Crippen LogP contribution is 2.47. The van der Waals surface area contributed by atoms with Gasteiger partial charge in [-0.15, -0.1) is 0 Å². The highest BCUT2D eigenvalue weighted by Gasteiger charge is 2.50. The van der Waals surface area contributed by atoms with E-state index in [0.717, 1.165) is 13.3 Å². The molecule has 1 aromatic carbocycles. The number of benzene rings is 1. The van der Waals surface area contributed by atoms with Gasteiger partial charge in [0.25, 0.3) is 6.43 Å². The van der Waals surface area contributed by atoms with Crippen LogP contribution in [0.2, 0.25) is 0 Å². The molecule has 9 nitrogen and oxygen atoms in total. The maximum atomic E-state index is 16.7. The van der Waals surface area contributed by atoms with Crippen LogP contribution >= 0.6 is 0 Å². The average Bonchev–Trinajstić information content (AvgIpc) is 3.51. The number of hydrogen-bond acceptors (Lipinski definition) is 9. The topological polar surface area (TPSA) is 102 Å². The second kappa shape index (κ2) is 11.7. The van der Waals surface area contributed by atoms with Crippen LogP contribution in [0.5, 0.6) is 11.9 Å². The van der Waals surface area contributed by atoms with Crippen LogP contribution < -0.4 is 25.4 Å². The first-order valence-corrected chi connectivity index (χ1v) is 15.8. The van der Waals surface area contributed by atoms with Gasteiger partial charge in [-0.1, -0.05) is 6.92 Å². The van der Waals surface area contributed by atoms with Gasteiger partial charge in [0.05, 0.1) is 22.8 Å². The van der Waals surface area contributed by atoms with Gasteiger partial charge >= 0.3 is 12.2 Å². The smallest absolute Gasteiger partial charge is 0.417 e. The van der Waals surface area contributed by atoms with Gasteiger partial charge < -0.3 is 25.4 Å². The third kappa shape index (κ3) is 5.24. The van der Waals surface area contributed by atoms with E-state index in [1.165, 1.54) is 0 Å². The van der Waals surface area contributed by atoms with Crippen molar-refractivity contribution in [1.82, 2.24) is 25.2 Å². The molecule has 0 aliphatic carbocycles. The highest BCUT2D eigenvalue weighted by molar-refractivity contribution is 5.97. The fourth-order valence-corrected chi connectivity index (χ4v) is 7.73. The number of nitrogens with two attached hydrogens (primary N) is 1. The van der Waals surface area contributed by atoms with Crippen molar-refractivity contribution in [2.45, 2.75) is 82.0 Å². The van der Waals surface area contributed by atoms with E-state index in [9.17, 15) is 30.7 Å². The summed E-state index contributed by atoms with van der Waals surface area (Å²) >= 11 is 0. The Balaban J connectivity index is 1.46. The van der Waals surface area contributed by atoms with E-state index < -0.39 is 87.6 Å². The number of rotatable bonds is 6. The maximum absolute atomic E-state index is 16.7. The molecule has 7 rings (SSSR count). The Labute approximate surface area is 269 Å². The number of anilines is 2. The van der Waals surface area contributed by atoms with Crippen molar-refractivity contribution in [1.29, 1.82) is 0 Å². The van der Waals surface area contributed by atoms with Crippen LogP contribution in [0.1, 0.15) is 43.7 Å². The Bertz CT molecular complexity index is 1760. The molecule has 3 aromatic rings. The first-order valence-electron chi connectivity index (χ1n) is 15.8. The molecular weight excluding hydrogens is 654 g/mol. The maximum Gasteiger partial charge on any atom is 0.417 e. The lowest BCUT2D eigenvalue weighted by molar-refractivity contribution is -0.137. The number of fused-ring (bicyclic) bond motifs is 3. The SMILES string of the molecule is CC[C@@H]1CN2c3nc(OC[C@@]45CCCN4C[C@H](F)C5)nc4c(F)c(-c5cc(N)c(F)c(C)c5C(F)(F)F)nc(c34)O[C@@H](C(F)F)[C@@H]2CN1. The van der Waals surface area contributed by atoms with E-state index in [-0.39, 0.29) is 55.9 Å². The summed E-state index contributed by atoms with van der Waals surface area (Å²) in [6.07, 6.45) is -8.98. The third-order valence-corrected chi connectivity index (χ3v) is 10.1. The molecule has 3 fully saturated rings. The van der Waals surface area contributed by atoms with E-state index in [2.05, 4.69) is 20.3 Å². The largest absolute Gasteiger partial charge is 0.465 e. The van der Waals surface area contributed by atoms with Crippen molar-refractivity contribution < 1.29 is 44.6 Å². The van der Waals surface area contributed by atoms with Crippen LogP contribution in [0.25, 0.3) is 22.2 Å². The summed E-state index contributed by atoms with van der Waals surface area (Å²) in [6.45, 7) is 3.73. The lowest BCUT2D eigenvalue weighted by Gasteiger charge is -2.42. The van der Waals surface area contributed by atoms with E-state index in [0.29, 0.717) is 25.5 Å². The Morgan fingerprint density at radius 1 is 1.17 bits per heavy atom. The molecule has 6 heterocycles. The summed E-state index contributed by atoms with van der Waals surface area (Å²) in [5, 5.41) is 2.96. The van der Waals surface area contributed by atoms with Gasteiger partial charge in [-0.25, -0.2) is 26.9 Å². The summed E-state index contributed by atoms with van der Waals surface area (Å²) in [7, 11) is 0. The van der Waals surface area contributed by atoms with Crippen molar-refractivity contribution in [3.05, 3.63) is 28.8 Å².